The molecule has 0 N–H and O–H groups in total. The predicted molar refractivity (Wildman–Crippen MR) is 126 cm³/mol. The molecule has 2 aliphatic heterocycles. The molecule has 2 aliphatic rings. The molecule has 33 heavy (non-hydrogen) atoms. The molecule has 0 radical (unpaired) electrons. The molecule has 1 atom stereocenters. The lowest BCUT2D eigenvalue weighted by molar-refractivity contribution is -0.132. The molecule has 2 aromatic rings. The number of hydrogen-bond acceptors (Lipinski definition) is 8. The number of sulfonamides is 1. The Morgan fingerprint density at radius 3 is 2.52 bits per heavy atom. The number of carbonyl (C=O) groups is 1. The van der Waals surface area contributed by atoms with Crippen LogP contribution in [0.25, 0.3) is 11.5 Å². The molecule has 1 aromatic carbocycles. The van der Waals surface area contributed by atoms with Crippen LogP contribution in [0.1, 0.15) is 33.1 Å². The molecule has 3 heterocycles. The van der Waals surface area contributed by atoms with Gasteiger partial charge in [0.15, 0.2) is 0 Å². The van der Waals surface area contributed by atoms with E-state index in [1.165, 1.54) is 11.8 Å². The number of likely N-dealkylation sites (N-methyl/N-ethyl adjacent to an activating group) is 1. The molecular weight excluding hydrogens is 462 g/mol. The second-order valence-electron chi connectivity index (χ2n) is 8.39. The van der Waals surface area contributed by atoms with Gasteiger partial charge in [-0.2, -0.15) is 4.31 Å². The summed E-state index contributed by atoms with van der Waals surface area (Å²) in [5.74, 6) is 0.300. The van der Waals surface area contributed by atoms with Gasteiger partial charge in [0, 0.05) is 44.8 Å². The van der Waals surface area contributed by atoms with Gasteiger partial charge in [0.25, 0.3) is 5.22 Å². The van der Waals surface area contributed by atoms with Gasteiger partial charge in [0.05, 0.1) is 10.1 Å². The number of piperazine rings is 1. The molecule has 1 unspecified atom stereocenters. The summed E-state index contributed by atoms with van der Waals surface area (Å²) >= 11 is 1.23. The number of rotatable bonds is 7. The maximum atomic E-state index is 13.0. The normalized spacial score (nSPS) is 19.5. The van der Waals surface area contributed by atoms with Crippen LogP contribution in [-0.2, 0) is 14.8 Å². The van der Waals surface area contributed by atoms with E-state index in [2.05, 4.69) is 22.0 Å². The zero-order valence-electron chi connectivity index (χ0n) is 19.1. The standard InChI is InChI=1S/C22H31N5O4S2/c1-3-25-12-14-26(15-13-25)21(28)17(2)32-22-24-23-20(31-22)18-8-7-9-19(16-18)33(29,30)27-10-5-4-6-11-27/h7-9,16-17H,3-6,10-15H2,1-2H3. The van der Waals surface area contributed by atoms with Crippen LogP contribution in [0, 0.1) is 0 Å². The minimum atomic E-state index is -3.55. The van der Waals surface area contributed by atoms with Crippen molar-refractivity contribution in [1.82, 2.24) is 24.3 Å². The number of aromatic nitrogens is 2. The highest BCUT2D eigenvalue weighted by Crippen LogP contribution is 2.29. The van der Waals surface area contributed by atoms with Gasteiger partial charge in [-0.15, -0.1) is 10.2 Å². The minimum Gasteiger partial charge on any atom is -0.411 e. The molecule has 4 rings (SSSR count). The first-order chi connectivity index (χ1) is 15.9. The highest BCUT2D eigenvalue weighted by molar-refractivity contribution is 8.00. The van der Waals surface area contributed by atoms with E-state index in [1.807, 2.05) is 11.8 Å². The molecule has 180 valence electrons. The fourth-order valence-corrected chi connectivity index (χ4v) is 6.49. The maximum Gasteiger partial charge on any atom is 0.277 e. The average molecular weight is 494 g/mol. The van der Waals surface area contributed by atoms with Crippen LogP contribution in [0.15, 0.2) is 38.8 Å². The molecule has 9 nitrogen and oxygen atoms in total. The van der Waals surface area contributed by atoms with Crippen molar-refractivity contribution in [2.45, 2.75) is 48.5 Å². The van der Waals surface area contributed by atoms with Crippen LogP contribution in [0.2, 0.25) is 0 Å². The molecule has 2 saturated heterocycles. The summed E-state index contributed by atoms with van der Waals surface area (Å²) in [5, 5.41) is 8.11. The van der Waals surface area contributed by atoms with Crippen molar-refractivity contribution in [3.63, 3.8) is 0 Å². The van der Waals surface area contributed by atoms with Crippen LogP contribution < -0.4 is 0 Å². The fourth-order valence-electron chi connectivity index (χ4n) is 4.16. The van der Waals surface area contributed by atoms with Crippen molar-refractivity contribution in [3.8, 4) is 11.5 Å². The first kappa shape index (κ1) is 24.2. The van der Waals surface area contributed by atoms with Crippen LogP contribution in [0.4, 0.5) is 0 Å². The lowest BCUT2D eigenvalue weighted by atomic mass is 10.2. The largest absolute Gasteiger partial charge is 0.411 e. The zero-order valence-corrected chi connectivity index (χ0v) is 20.8. The van der Waals surface area contributed by atoms with E-state index in [0.717, 1.165) is 52.0 Å². The Kier molecular flexibility index (Phi) is 7.72. The van der Waals surface area contributed by atoms with E-state index in [0.29, 0.717) is 23.9 Å². The summed E-state index contributed by atoms with van der Waals surface area (Å²) in [5.41, 5.74) is 0.544. The third-order valence-corrected chi connectivity index (χ3v) is 9.01. The second-order valence-corrected chi connectivity index (χ2v) is 11.6. The van der Waals surface area contributed by atoms with Gasteiger partial charge in [-0.05, 0) is 44.5 Å². The summed E-state index contributed by atoms with van der Waals surface area (Å²) in [7, 11) is -3.55. The summed E-state index contributed by atoms with van der Waals surface area (Å²) in [6.07, 6.45) is 2.83. The third kappa shape index (κ3) is 5.59. The van der Waals surface area contributed by atoms with E-state index in [9.17, 15) is 13.2 Å². The Balaban J connectivity index is 1.42. The number of hydrogen-bond donors (Lipinski definition) is 0. The number of carbonyl (C=O) groups excluding carboxylic acids is 1. The Hall–Kier alpha value is -1.95. The first-order valence-corrected chi connectivity index (χ1v) is 13.8. The zero-order chi connectivity index (χ0) is 23.4. The number of amides is 1. The van der Waals surface area contributed by atoms with E-state index in [1.54, 1.807) is 28.6 Å². The van der Waals surface area contributed by atoms with Crippen LogP contribution in [0.5, 0.6) is 0 Å². The van der Waals surface area contributed by atoms with Gasteiger partial charge < -0.3 is 14.2 Å². The number of nitrogens with zero attached hydrogens (tertiary/aromatic N) is 5. The molecule has 2 fully saturated rings. The highest BCUT2D eigenvalue weighted by Gasteiger charge is 2.28. The van der Waals surface area contributed by atoms with Gasteiger partial charge >= 0.3 is 0 Å². The van der Waals surface area contributed by atoms with Crippen LogP contribution in [0.3, 0.4) is 0 Å². The van der Waals surface area contributed by atoms with Gasteiger partial charge in [-0.1, -0.05) is 31.2 Å². The third-order valence-electron chi connectivity index (χ3n) is 6.20. The Morgan fingerprint density at radius 2 is 1.82 bits per heavy atom. The number of benzene rings is 1. The molecule has 0 saturated carbocycles. The van der Waals surface area contributed by atoms with Crippen molar-refractivity contribution in [3.05, 3.63) is 24.3 Å². The summed E-state index contributed by atoms with van der Waals surface area (Å²) < 4.78 is 33.3. The van der Waals surface area contributed by atoms with Crippen molar-refractivity contribution in [1.29, 1.82) is 0 Å². The quantitative estimate of drug-likeness (QED) is 0.543. The van der Waals surface area contributed by atoms with E-state index >= 15 is 0 Å². The Morgan fingerprint density at radius 1 is 1.09 bits per heavy atom. The van der Waals surface area contributed by atoms with Crippen molar-refractivity contribution >= 4 is 27.7 Å². The molecule has 1 aromatic heterocycles. The molecule has 11 heteroatoms. The van der Waals surface area contributed by atoms with Crippen molar-refractivity contribution < 1.29 is 17.6 Å². The Bertz CT molecular complexity index is 1060. The summed E-state index contributed by atoms with van der Waals surface area (Å²) in [6, 6.07) is 6.61. The summed E-state index contributed by atoms with van der Waals surface area (Å²) in [6.45, 7) is 9.30. The van der Waals surface area contributed by atoms with Crippen LogP contribution in [-0.4, -0.2) is 89.7 Å². The SMILES string of the molecule is CCN1CCN(C(=O)C(C)Sc2nnc(-c3cccc(S(=O)(=O)N4CCCCC4)c3)o2)CC1. The lowest BCUT2D eigenvalue weighted by Gasteiger charge is -2.35. The number of piperidine rings is 1. The van der Waals surface area contributed by atoms with E-state index in [4.69, 9.17) is 4.42 Å². The topological polar surface area (TPSA) is 99.8 Å². The predicted octanol–water partition coefficient (Wildman–Crippen LogP) is 2.56. The Labute approximate surface area is 199 Å². The van der Waals surface area contributed by atoms with E-state index < -0.39 is 10.0 Å². The maximum absolute atomic E-state index is 13.0. The average Bonchev–Trinajstić information content (AvgIpc) is 3.32. The molecule has 1 amide bonds. The van der Waals surface area contributed by atoms with Gasteiger partial charge in [0.1, 0.15) is 0 Å². The highest BCUT2D eigenvalue weighted by atomic mass is 32.2. The van der Waals surface area contributed by atoms with E-state index in [-0.39, 0.29) is 21.9 Å². The monoisotopic (exact) mass is 493 g/mol. The van der Waals surface area contributed by atoms with Crippen LogP contribution >= 0.6 is 11.8 Å². The minimum absolute atomic E-state index is 0.0603. The second kappa shape index (κ2) is 10.5. The lowest BCUT2D eigenvalue weighted by Crippen LogP contribution is -2.50. The summed E-state index contributed by atoms with van der Waals surface area (Å²) in [4.78, 5) is 17.2. The fraction of sp³-hybridized carbons (Fsp3) is 0.591. The molecule has 0 aliphatic carbocycles. The first-order valence-electron chi connectivity index (χ1n) is 11.5. The van der Waals surface area contributed by atoms with Gasteiger partial charge in [-0.25, -0.2) is 8.42 Å². The number of thioether (sulfide) groups is 1. The van der Waals surface area contributed by atoms with Gasteiger partial charge in [-0.3, -0.25) is 4.79 Å². The van der Waals surface area contributed by atoms with Gasteiger partial charge in [0.2, 0.25) is 21.8 Å². The molecule has 0 bridgehead atoms. The smallest absolute Gasteiger partial charge is 0.277 e. The van der Waals surface area contributed by atoms with Crippen molar-refractivity contribution in [2.75, 3.05) is 45.8 Å². The van der Waals surface area contributed by atoms with Crippen molar-refractivity contribution in [2.24, 2.45) is 0 Å². The molecule has 0 spiro atoms. The molecular formula is C22H31N5O4S2.